The number of carbonyl (C=O) groups excluding carboxylic acids is 1. The SMILES string of the molecule is CC(C)n1ncnc1NC(=O)CCCCc1nc2ccccc2s1. The summed E-state index contributed by atoms with van der Waals surface area (Å²) >= 11 is 1.73. The normalized spacial score (nSPS) is 11.3. The quantitative estimate of drug-likeness (QED) is 0.662. The Balaban J connectivity index is 1.44. The van der Waals surface area contributed by atoms with Crippen molar-refractivity contribution in [3.8, 4) is 0 Å². The molecule has 0 aliphatic rings. The molecule has 0 saturated carbocycles. The molecule has 0 aliphatic carbocycles. The summed E-state index contributed by atoms with van der Waals surface area (Å²) in [6, 6.07) is 8.33. The van der Waals surface area contributed by atoms with Crippen LogP contribution in [-0.4, -0.2) is 25.7 Å². The van der Waals surface area contributed by atoms with Gasteiger partial charge in [-0.25, -0.2) is 9.67 Å². The first-order valence-electron chi connectivity index (χ1n) is 8.17. The van der Waals surface area contributed by atoms with Gasteiger partial charge in [0.05, 0.1) is 21.3 Å². The third-order valence-corrected chi connectivity index (χ3v) is 4.79. The molecule has 0 aliphatic heterocycles. The first-order valence-corrected chi connectivity index (χ1v) is 8.99. The van der Waals surface area contributed by atoms with E-state index in [-0.39, 0.29) is 11.9 Å². The summed E-state index contributed by atoms with van der Waals surface area (Å²) in [5.74, 6) is 0.496. The number of hydrogen-bond acceptors (Lipinski definition) is 5. The molecule has 0 fully saturated rings. The van der Waals surface area contributed by atoms with Crippen LogP contribution >= 0.6 is 11.3 Å². The molecule has 1 N–H and O–H groups in total. The Labute approximate surface area is 144 Å². The number of aryl methyl sites for hydroxylation is 1. The second kappa shape index (κ2) is 7.53. The fourth-order valence-corrected chi connectivity index (χ4v) is 3.50. The van der Waals surface area contributed by atoms with Gasteiger partial charge in [-0.15, -0.1) is 11.3 Å². The highest BCUT2D eigenvalue weighted by atomic mass is 32.1. The van der Waals surface area contributed by atoms with E-state index in [1.807, 2.05) is 32.0 Å². The van der Waals surface area contributed by atoms with Crippen molar-refractivity contribution in [2.45, 2.75) is 45.6 Å². The minimum absolute atomic E-state index is 0.0193. The van der Waals surface area contributed by atoms with E-state index in [2.05, 4.69) is 26.4 Å². The van der Waals surface area contributed by atoms with Crippen LogP contribution in [0.15, 0.2) is 30.6 Å². The number of thiazole rings is 1. The van der Waals surface area contributed by atoms with Crippen molar-refractivity contribution in [2.75, 3.05) is 5.32 Å². The molecule has 0 radical (unpaired) electrons. The summed E-state index contributed by atoms with van der Waals surface area (Å²) in [5.41, 5.74) is 1.06. The van der Waals surface area contributed by atoms with Crippen LogP contribution in [0.2, 0.25) is 0 Å². The van der Waals surface area contributed by atoms with Crippen molar-refractivity contribution in [1.29, 1.82) is 0 Å². The molecule has 126 valence electrons. The van der Waals surface area contributed by atoms with E-state index in [0.29, 0.717) is 12.4 Å². The lowest BCUT2D eigenvalue weighted by molar-refractivity contribution is -0.116. The van der Waals surface area contributed by atoms with Gasteiger partial charge in [0.1, 0.15) is 6.33 Å². The van der Waals surface area contributed by atoms with Gasteiger partial charge in [0.25, 0.3) is 0 Å². The number of nitrogens with zero attached hydrogens (tertiary/aromatic N) is 4. The van der Waals surface area contributed by atoms with Crippen LogP contribution in [0.4, 0.5) is 5.95 Å². The van der Waals surface area contributed by atoms with E-state index >= 15 is 0 Å². The Morgan fingerprint density at radius 3 is 2.92 bits per heavy atom. The van der Waals surface area contributed by atoms with E-state index in [1.165, 1.54) is 11.0 Å². The number of rotatable bonds is 7. The number of amides is 1. The highest BCUT2D eigenvalue weighted by Crippen LogP contribution is 2.23. The second-order valence-electron chi connectivity index (χ2n) is 5.95. The van der Waals surface area contributed by atoms with Gasteiger partial charge in [0, 0.05) is 6.42 Å². The Morgan fingerprint density at radius 1 is 1.29 bits per heavy atom. The number of fused-ring (bicyclic) bond motifs is 1. The number of anilines is 1. The average molecular weight is 343 g/mol. The van der Waals surface area contributed by atoms with Crippen molar-refractivity contribution in [2.24, 2.45) is 0 Å². The Hall–Kier alpha value is -2.28. The van der Waals surface area contributed by atoms with Crippen LogP contribution in [-0.2, 0) is 11.2 Å². The second-order valence-corrected chi connectivity index (χ2v) is 7.07. The van der Waals surface area contributed by atoms with Crippen LogP contribution < -0.4 is 5.32 Å². The fourth-order valence-electron chi connectivity index (χ4n) is 2.49. The largest absolute Gasteiger partial charge is 0.295 e. The molecule has 6 nitrogen and oxygen atoms in total. The molecule has 0 saturated heterocycles. The number of carbonyl (C=O) groups is 1. The summed E-state index contributed by atoms with van der Waals surface area (Å²) in [4.78, 5) is 20.7. The third-order valence-electron chi connectivity index (χ3n) is 3.70. The van der Waals surface area contributed by atoms with Gasteiger partial charge in [-0.1, -0.05) is 12.1 Å². The summed E-state index contributed by atoms with van der Waals surface area (Å²) in [6.07, 6.45) is 4.63. The fraction of sp³-hybridized carbons (Fsp3) is 0.412. The highest BCUT2D eigenvalue weighted by molar-refractivity contribution is 7.18. The van der Waals surface area contributed by atoms with Crippen molar-refractivity contribution < 1.29 is 4.79 Å². The predicted octanol–water partition coefficient (Wildman–Crippen LogP) is 3.82. The number of hydrogen-bond donors (Lipinski definition) is 1. The summed E-state index contributed by atoms with van der Waals surface area (Å²) in [6.45, 7) is 4.00. The van der Waals surface area contributed by atoms with Crippen LogP contribution in [0.25, 0.3) is 10.2 Å². The van der Waals surface area contributed by atoms with Gasteiger partial charge in [0.15, 0.2) is 0 Å². The molecule has 2 aromatic heterocycles. The maximum atomic E-state index is 12.0. The molecule has 3 rings (SSSR count). The van der Waals surface area contributed by atoms with Crippen LogP contribution in [0.1, 0.15) is 44.2 Å². The summed E-state index contributed by atoms with van der Waals surface area (Å²) < 4.78 is 2.93. The summed E-state index contributed by atoms with van der Waals surface area (Å²) in [5, 5.41) is 8.07. The number of aromatic nitrogens is 4. The molecule has 0 spiro atoms. The van der Waals surface area contributed by atoms with Gasteiger partial charge < -0.3 is 0 Å². The first kappa shape index (κ1) is 16.6. The van der Waals surface area contributed by atoms with E-state index in [1.54, 1.807) is 16.0 Å². The minimum atomic E-state index is -0.0193. The van der Waals surface area contributed by atoms with Crippen LogP contribution in [0, 0.1) is 0 Å². The molecule has 0 bridgehead atoms. The number of nitrogens with one attached hydrogen (secondary N) is 1. The van der Waals surface area contributed by atoms with Gasteiger partial charge >= 0.3 is 0 Å². The van der Waals surface area contributed by atoms with Crippen LogP contribution in [0.3, 0.4) is 0 Å². The van der Waals surface area contributed by atoms with Gasteiger partial charge in [-0.05, 0) is 45.2 Å². The molecule has 3 aromatic rings. The molecule has 1 amide bonds. The lowest BCUT2D eigenvalue weighted by Crippen LogP contribution is -2.17. The lowest BCUT2D eigenvalue weighted by Gasteiger charge is -2.09. The predicted molar refractivity (Wildman–Crippen MR) is 96.2 cm³/mol. The summed E-state index contributed by atoms with van der Waals surface area (Å²) in [7, 11) is 0. The average Bonchev–Trinajstić information content (AvgIpc) is 3.17. The molecule has 1 aromatic carbocycles. The Kier molecular flexibility index (Phi) is 5.20. The van der Waals surface area contributed by atoms with Crippen molar-refractivity contribution in [3.05, 3.63) is 35.6 Å². The molecule has 0 atom stereocenters. The zero-order chi connectivity index (χ0) is 16.9. The van der Waals surface area contributed by atoms with Gasteiger partial charge in [-0.3, -0.25) is 10.1 Å². The number of unbranched alkanes of at least 4 members (excludes halogenated alkanes) is 1. The smallest absolute Gasteiger partial charge is 0.228 e. The lowest BCUT2D eigenvalue weighted by atomic mass is 10.2. The van der Waals surface area contributed by atoms with Crippen molar-refractivity contribution >= 4 is 33.4 Å². The molecule has 7 heteroatoms. The monoisotopic (exact) mass is 343 g/mol. The number of benzene rings is 1. The van der Waals surface area contributed by atoms with E-state index in [9.17, 15) is 4.79 Å². The van der Waals surface area contributed by atoms with Gasteiger partial charge in [0.2, 0.25) is 11.9 Å². The minimum Gasteiger partial charge on any atom is -0.295 e. The van der Waals surface area contributed by atoms with Gasteiger partial charge in [-0.2, -0.15) is 10.1 Å². The Bertz CT molecular complexity index is 790. The molecule has 0 unspecified atom stereocenters. The van der Waals surface area contributed by atoms with E-state index in [4.69, 9.17) is 0 Å². The molecular weight excluding hydrogens is 322 g/mol. The number of para-hydroxylation sites is 1. The first-order chi connectivity index (χ1) is 11.6. The maximum absolute atomic E-state index is 12.0. The third kappa shape index (κ3) is 3.97. The zero-order valence-corrected chi connectivity index (χ0v) is 14.7. The van der Waals surface area contributed by atoms with Crippen molar-refractivity contribution in [1.82, 2.24) is 19.7 Å². The Morgan fingerprint density at radius 2 is 2.12 bits per heavy atom. The topological polar surface area (TPSA) is 72.7 Å². The highest BCUT2D eigenvalue weighted by Gasteiger charge is 2.11. The molecule has 24 heavy (non-hydrogen) atoms. The van der Waals surface area contributed by atoms with E-state index < -0.39 is 0 Å². The maximum Gasteiger partial charge on any atom is 0.228 e. The standard InChI is InChI=1S/C17H21N5OS/c1-12(2)22-17(18-11-19-22)21-15(23)9-5-6-10-16-20-13-7-3-4-8-14(13)24-16/h3-4,7-8,11-12H,5-6,9-10H2,1-2H3,(H,18,19,21,23). The van der Waals surface area contributed by atoms with Crippen molar-refractivity contribution in [3.63, 3.8) is 0 Å². The van der Waals surface area contributed by atoms with Crippen LogP contribution in [0.5, 0.6) is 0 Å². The molecular formula is C17H21N5OS. The zero-order valence-electron chi connectivity index (χ0n) is 13.9. The van der Waals surface area contributed by atoms with E-state index in [0.717, 1.165) is 29.8 Å². The molecule has 2 heterocycles.